The van der Waals surface area contributed by atoms with Crippen LogP contribution >= 0.6 is 0 Å². The van der Waals surface area contributed by atoms with Crippen LogP contribution in [0.4, 0.5) is 13.2 Å². The second-order valence-electron chi connectivity index (χ2n) is 5.75. The molecule has 0 bridgehead atoms. The van der Waals surface area contributed by atoms with Crippen LogP contribution in [0, 0.1) is 17.5 Å². The average Bonchev–Trinajstić information content (AvgIpc) is 2.32. The van der Waals surface area contributed by atoms with Crippen molar-refractivity contribution in [2.75, 3.05) is 6.54 Å². The van der Waals surface area contributed by atoms with Gasteiger partial charge in [-0.25, -0.2) is 13.2 Å². The largest absolute Gasteiger partial charge is 0.311 e. The first-order valence-corrected chi connectivity index (χ1v) is 6.31. The molecule has 0 saturated heterocycles. The first-order valence-electron chi connectivity index (χ1n) is 6.31. The van der Waals surface area contributed by atoms with Crippen molar-refractivity contribution in [1.82, 2.24) is 10.6 Å². The van der Waals surface area contributed by atoms with Crippen molar-refractivity contribution < 1.29 is 13.2 Å². The van der Waals surface area contributed by atoms with Gasteiger partial charge in [-0.2, -0.15) is 0 Å². The average molecular weight is 274 g/mol. The van der Waals surface area contributed by atoms with E-state index in [1.165, 1.54) is 6.07 Å². The molecule has 2 nitrogen and oxygen atoms in total. The molecule has 2 N–H and O–H groups in total. The third-order valence-corrected chi connectivity index (χ3v) is 2.69. The Bertz CT molecular complexity index is 427. The highest BCUT2D eigenvalue weighted by Crippen LogP contribution is 2.15. The van der Waals surface area contributed by atoms with E-state index in [1.54, 1.807) is 0 Å². The molecule has 0 heterocycles. The topological polar surface area (TPSA) is 24.1 Å². The molecule has 0 amide bonds. The molecule has 0 fully saturated rings. The van der Waals surface area contributed by atoms with E-state index >= 15 is 0 Å². The highest BCUT2D eigenvalue weighted by Gasteiger charge is 2.14. The van der Waals surface area contributed by atoms with Crippen molar-refractivity contribution >= 4 is 0 Å². The Morgan fingerprint density at radius 2 is 1.74 bits per heavy atom. The summed E-state index contributed by atoms with van der Waals surface area (Å²) in [6.45, 7) is 8.96. The summed E-state index contributed by atoms with van der Waals surface area (Å²) in [4.78, 5) is 0. The predicted molar refractivity (Wildman–Crippen MR) is 70.4 cm³/mol. The van der Waals surface area contributed by atoms with Gasteiger partial charge in [-0.3, -0.25) is 0 Å². The molecule has 0 aromatic heterocycles. The molecule has 1 rings (SSSR count). The molecule has 1 unspecified atom stereocenters. The van der Waals surface area contributed by atoms with E-state index in [0.29, 0.717) is 6.54 Å². The highest BCUT2D eigenvalue weighted by molar-refractivity contribution is 5.20. The van der Waals surface area contributed by atoms with Gasteiger partial charge < -0.3 is 10.6 Å². The van der Waals surface area contributed by atoms with E-state index in [9.17, 15) is 13.2 Å². The molecule has 5 heteroatoms. The minimum Gasteiger partial charge on any atom is -0.311 e. The van der Waals surface area contributed by atoms with E-state index in [-0.39, 0.29) is 23.7 Å². The van der Waals surface area contributed by atoms with Crippen molar-refractivity contribution in [1.29, 1.82) is 0 Å². The van der Waals surface area contributed by atoms with Gasteiger partial charge in [0.1, 0.15) is 0 Å². The fraction of sp³-hybridized carbons (Fsp3) is 0.571. The van der Waals surface area contributed by atoms with E-state index in [2.05, 4.69) is 31.4 Å². The number of nitrogens with one attached hydrogen (secondary N) is 2. The van der Waals surface area contributed by atoms with Gasteiger partial charge in [0.25, 0.3) is 0 Å². The zero-order valence-corrected chi connectivity index (χ0v) is 11.8. The SMILES string of the molecule is CC(CNC(C)(C)C)NCc1ccc(F)c(F)c1F. The molecule has 0 aliphatic heterocycles. The van der Waals surface area contributed by atoms with Gasteiger partial charge in [0.15, 0.2) is 17.5 Å². The molecule has 108 valence electrons. The second-order valence-corrected chi connectivity index (χ2v) is 5.75. The Kier molecular flexibility index (Phi) is 5.38. The quantitative estimate of drug-likeness (QED) is 0.807. The van der Waals surface area contributed by atoms with Crippen molar-refractivity contribution in [3.8, 4) is 0 Å². The molecule has 0 saturated carbocycles. The first kappa shape index (κ1) is 16.0. The number of halogens is 3. The third kappa shape index (κ3) is 5.20. The van der Waals surface area contributed by atoms with Gasteiger partial charge in [-0.05, 0) is 33.8 Å². The van der Waals surface area contributed by atoms with Crippen LogP contribution in [0.1, 0.15) is 33.3 Å². The molecule has 0 spiro atoms. The van der Waals surface area contributed by atoms with Crippen molar-refractivity contribution in [3.63, 3.8) is 0 Å². The predicted octanol–water partition coefficient (Wildman–Crippen LogP) is 2.97. The van der Waals surface area contributed by atoms with Crippen molar-refractivity contribution in [2.45, 2.75) is 45.8 Å². The number of rotatable bonds is 5. The van der Waals surface area contributed by atoms with Crippen LogP contribution in [0.3, 0.4) is 0 Å². The maximum atomic E-state index is 13.4. The minimum atomic E-state index is -1.42. The Hall–Kier alpha value is -1.07. The van der Waals surface area contributed by atoms with Gasteiger partial charge >= 0.3 is 0 Å². The highest BCUT2D eigenvalue weighted by atomic mass is 19.2. The molecule has 0 radical (unpaired) electrons. The fourth-order valence-electron chi connectivity index (χ4n) is 1.52. The minimum absolute atomic E-state index is 0.00315. The van der Waals surface area contributed by atoms with Gasteiger partial charge in [0.2, 0.25) is 0 Å². The normalized spacial score (nSPS) is 13.6. The van der Waals surface area contributed by atoms with Crippen LogP contribution in [-0.2, 0) is 6.54 Å². The smallest absolute Gasteiger partial charge is 0.194 e. The first-order chi connectivity index (χ1) is 8.70. The van der Waals surface area contributed by atoms with Gasteiger partial charge in [-0.1, -0.05) is 6.07 Å². The third-order valence-electron chi connectivity index (χ3n) is 2.69. The van der Waals surface area contributed by atoms with Crippen LogP contribution in [0.15, 0.2) is 12.1 Å². The Morgan fingerprint density at radius 1 is 1.11 bits per heavy atom. The second kappa shape index (κ2) is 6.39. The lowest BCUT2D eigenvalue weighted by atomic mass is 10.1. The summed E-state index contributed by atoms with van der Waals surface area (Å²) in [5.41, 5.74) is 0.130. The van der Waals surface area contributed by atoms with Gasteiger partial charge in [0, 0.05) is 30.2 Å². The molecule has 1 atom stereocenters. The lowest BCUT2D eigenvalue weighted by Crippen LogP contribution is -2.44. The maximum absolute atomic E-state index is 13.4. The Morgan fingerprint density at radius 3 is 2.32 bits per heavy atom. The molecular formula is C14H21F3N2. The summed E-state index contributed by atoms with van der Waals surface area (Å²) in [5, 5.41) is 6.37. The van der Waals surface area contributed by atoms with E-state index in [0.717, 1.165) is 6.07 Å². The fourth-order valence-corrected chi connectivity index (χ4v) is 1.52. The number of hydrogen-bond acceptors (Lipinski definition) is 2. The maximum Gasteiger partial charge on any atom is 0.194 e. The number of hydrogen-bond donors (Lipinski definition) is 2. The zero-order valence-electron chi connectivity index (χ0n) is 11.8. The van der Waals surface area contributed by atoms with Crippen LogP contribution in [0.25, 0.3) is 0 Å². The van der Waals surface area contributed by atoms with Crippen LogP contribution in [0.5, 0.6) is 0 Å². The summed E-state index contributed by atoms with van der Waals surface area (Å²) >= 11 is 0. The summed E-state index contributed by atoms with van der Waals surface area (Å²) in [6.07, 6.45) is 0. The summed E-state index contributed by atoms with van der Waals surface area (Å²) < 4.78 is 39.2. The Balaban J connectivity index is 2.51. The van der Waals surface area contributed by atoms with E-state index < -0.39 is 17.5 Å². The van der Waals surface area contributed by atoms with Crippen LogP contribution in [-0.4, -0.2) is 18.1 Å². The molecule has 19 heavy (non-hydrogen) atoms. The lowest BCUT2D eigenvalue weighted by molar-refractivity contribution is 0.384. The van der Waals surface area contributed by atoms with Crippen LogP contribution in [0.2, 0.25) is 0 Å². The van der Waals surface area contributed by atoms with E-state index in [1.807, 2.05) is 6.92 Å². The monoisotopic (exact) mass is 274 g/mol. The van der Waals surface area contributed by atoms with Gasteiger partial charge in [0.05, 0.1) is 0 Å². The molecule has 1 aromatic rings. The standard InChI is InChI=1S/C14H21F3N2/c1-9(7-19-14(2,3)4)18-8-10-5-6-11(15)13(17)12(10)16/h5-6,9,18-19H,7-8H2,1-4H3. The molecular weight excluding hydrogens is 253 g/mol. The zero-order chi connectivity index (χ0) is 14.6. The van der Waals surface area contributed by atoms with Crippen molar-refractivity contribution in [2.24, 2.45) is 0 Å². The molecule has 1 aromatic carbocycles. The lowest BCUT2D eigenvalue weighted by Gasteiger charge is -2.24. The van der Waals surface area contributed by atoms with E-state index in [4.69, 9.17) is 0 Å². The molecule has 0 aliphatic carbocycles. The number of benzene rings is 1. The summed E-state index contributed by atoms with van der Waals surface area (Å²) in [6, 6.07) is 2.28. The van der Waals surface area contributed by atoms with Crippen molar-refractivity contribution in [3.05, 3.63) is 35.1 Å². The van der Waals surface area contributed by atoms with Gasteiger partial charge in [-0.15, -0.1) is 0 Å². The molecule has 0 aliphatic rings. The summed E-state index contributed by atoms with van der Waals surface area (Å²) in [5.74, 6) is -3.70. The van der Waals surface area contributed by atoms with Crippen LogP contribution < -0.4 is 10.6 Å². The Labute approximate surface area is 112 Å². The summed E-state index contributed by atoms with van der Waals surface area (Å²) in [7, 11) is 0.